The van der Waals surface area contributed by atoms with Crippen molar-refractivity contribution in [1.29, 1.82) is 0 Å². The minimum atomic E-state index is 0.273. The standard InChI is InChI=1S/C22H28N6O/c1-15-18(13-28(25-15)17-10-16(11-17)14-29)20-12-23-22-19(24-20)4-3-5-21(22)27-8-6-26(2)7-9-27/h3-5,12-13,16-17,29H,6-11,14H2,1-2H3. The number of hydrogen-bond donors (Lipinski definition) is 1. The van der Waals surface area contributed by atoms with Crippen molar-refractivity contribution in [2.75, 3.05) is 44.7 Å². The van der Waals surface area contributed by atoms with Gasteiger partial charge in [-0.05, 0) is 44.9 Å². The topological polar surface area (TPSA) is 70.3 Å². The number of likely N-dealkylation sites (N-methyl/N-ethyl adjacent to an activating group) is 1. The molecule has 0 unspecified atom stereocenters. The number of aromatic nitrogens is 4. The Morgan fingerprint density at radius 2 is 1.93 bits per heavy atom. The summed E-state index contributed by atoms with van der Waals surface area (Å²) < 4.78 is 2.04. The Balaban J connectivity index is 1.44. The van der Waals surface area contributed by atoms with E-state index in [9.17, 15) is 5.11 Å². The zero-order valence-electron chi connectivity index (χ0n) is 17.1. The van der Waals surface area contributed by atoms with Crippen LogP contribution in [0.5, 0.6) is 0 Å². The van der Waals surface area contributed by atoms with Crippen molar-refractivity contribution in [1.82, 2.24) is 24.6 Å². The van der Waals surface area contributed by atoms with E-state index >= 15 is 0 Å². The summed E-state index contributed by atoms with van der Waals surface area (Å²) in [6.45, 7) is 6.47. The Labute approximate surface area is 171 Å². The van der Waals surface area contributed by atoms with Gasteiger partial charge in [-0.25, -0.2) is 4.98 Å². The molecule has 29 heavy (non-hydrogen) atoms. The summed E-state index contributed by atoms with van der Waals surface area (Å²) in [6, 6.07) is 6.66. The third-order valence-electron chi connectivity index (χ3n) is 6.43. The second-order valence-corrected chi connectivity index (χ2v) is 8.47. The van der Waals surface area contributed by atoms with Crippen LogP contribution in [-0.2, 0) is 0 Å². The van der Waals surface area contributed by atoms with Crippen molar-refractivity contribution in [2.24, 2.45) is 5.92 Å². The van der Waals surface area contributed by atoms with E-state index in [-0.39, 0.29) is 6.61 Å². The lowest BCUT2D eigenvalue weighted by Gasteiger charge is -2.34. The monoisotopic (exact) mass is 392 g/mol. The predicted octanol–water partition coefficient (Wildman–Crippen LogP) is 2.50. The highest BCUT2D eigenvalue weighted by atomic mass is 16.3. The lowest BCUT2D eigenvalue weighted by Crippen LogP contribution is -2.44. The van der Waals surface area contributed by atoms with Gasteiger partial charge in [-0.3, -0.25) is 9.67 Å². The van der Waals surface area contributed by atoms with Crippen LogP contribution in [0.25, 0.3) is 22.3 Å². The number of benzene rings is 1. The highest BCUT2D eigenvalue weighted by Gasteiger charge is 2.31. The maximum absolute atomic E-state index is 9.26. The number of aryl methyl sites for hydroxylation is 1. The van der Waals surface area contributed by atoms with Crippen molar-refractivity contribution in [3.63, 3.8) is 0 Å². The average molecular weight is 393 g/mol. The van der Waals surface area contributed by atoms with E-state index in [2.05, 4.69) is 35.2 Å². The first-order chi connectivity index (χ1) is 14.1. The highest BCUT2D eigenvalue weighted by Crippen LogP contribution is 2.38. The SMILES string of the molecule is Cc1nn(C2CC(CO)C2)cc1-c1cnc2c(N3CCN(C)CC3)cccc2n1. The second-order valence-electron chi connectivity index (χ2n) is 8.47. The number of nitrogens with zero attached hydrogens (tertiary/aromatic N) is 6. The van der Waals surface area contributed by atoms with Crippen molar-refractivity contribution in [3.8, 4) is 11.3 Å². The van der Waals surface area contributed by atoms with Crippen LogP contribution in [0.1, 0.15) is 24.6 Å². The Bertz CT molecular complexity index is 1020. The quantitative estimate of drug-likeness (QED) is 0.736. The molecule has 1 saturated carbocycles. The Kier molecular flexibility index (Phi) is 4.72. The van der Waals surface area contributed by atoms with Crippen LogP contribution < -0.4 is 4.90 Å². The first kappa shape index (κ1) is 18.5. The molecule has 0 radical (unpaired) electrons. The van der Waals surface area contributed by atoms with Gasteiger partial charge in [0.05, 0.1) is 34.8 Å². The third-order valence-corrected chi connectivity index (χ3v) is 6.43. The van der Waals surface area contributed by atoms with E-state index in [1.54, 1.807) is 0 Å². The molecule has 3 heterocycles. The molecule has 3 aromatic rings. The first-order valence-corrected chi connectivity index (χ1v) is 10.5. The first-order valence-electron chi connectivity index (χ1n) is 10.5. The number of aliphatic hydroxyl groups excluding tert-OH is 1. The summed E-state index contributed by atoms with van der Waals surface area (Å²) in [6.07, 6.45) is 5.96. The Morgan fingerprint density at radius 1 is 1.14 bits per heavy atom. The van der Waals surface area contributed by atoms with E-state index in [0.29, 0.717) is 12.0 Å². The average Bonchev–Trinajstić information content (AvgIpc) is 3.08. The van der Waals surface area contributed by atoms with Crippen molar-refractivity contribution >= 4 is 16.7 Å². The molecule has 2 aliphatic rings. The van der Waals surface area contributed by atoms with Gasteiger partial charge in [0.2, 0.25) is 0 Å². The van der Waals surface area contributed by atoms with Gasteiger partial charge in [-0.15, -0.1) is 0 Å². The molecule has 1 aliphatic heterocycles. The van der Waals surface area contributed by atoms with Gasteiger partial charge in [0.15, 0.2) is 0 Å². The molecule has 1 N–H and O–H groups in total. The molecule has 7 nitrogen and oxygen atoms in total. The normalized spacial score (nSPS) is 22.8. The summed E-state index contributed by atoms with van der Waals surface area (Å²) >= 11 is 0. The third kappa shape index (κ3) is 3.38. The smallest absolute Gasteiger partial charge is 0.112 e. The molecule has 7 heteroatoms. The molecular weight excluding hydrogens is 364 g/mol. The largest absolute Gasteiger partial charge is 0.396 e. The summed E-state index contributed by atoms with van der Waals surface area (Å²) in [4.78, 5) is 14.5. The summed E-state index contributed by atoms with van der Waals surface area (Å²) in [5, 5.41) is 14.0. The van der Waals surface area contributed by atoms with Gasteiger partial charge in [0, 0.05) is 44.5 Å². The summed E-state index contributed by atoms with van der Waals surface area (Å²) in [7, 11) is 2.17. The number of hydrogen-bond acceptors (Lipinski definition) is 6. The zero-order valence-corrected chi connectivity index (χ0v) is 17.1. The predicted molar refractivity (Wildman–Crippen MR) is 114 cm³/mol. The fourth-order valence-electron chi connectivity index (χ4n) is 4.44. The number of fused-ring (bicyclic) bond motifs is 1. The van der Waals surface area contributed by atoms with Gasteiger partial charge in [-0.1, -0.05) is 6.07 Å². The molecule has 2 fully saturated rings. The van der Waals surface area contributed by atoms with Gasteiger partial charge in [-0.2, -0.15) is 5.10 Å². The van der Waals surface area contributed by atoms with Crippen LogP contribution in [-0.4, -0.2) is 69.6 Å². The van der Waals surface area contributed by atoms with Crippen LogP contribution >= 0.6 is 0 Å². The van der Waals surface area contributed by atoms with E-state index in [1.807, 2.05) is 23.9 Å². The number of rotatable bonds is 4. The zero-order chi connectivity index (χ0) is 20.0. The van der Waals surface area contributed by atoms with E-state index in [1.165, 1.54) is 5.69 Å². The van der Waals surface area contributed by atoms with Crippen LogP contribution in [0.2, 0.25) is 0 Å². The van der Waals surface area contributed by atoms with E-state index in [0.717, 1.165) is 67.0 Å². The second kappa shape index (κ2) is 7.39. The van der Waals surface area contributed by atoms with Crippen molar-refractivity contribution < 1.29 is 5.11 Å². The number of para-hydroxylation sites is 1. The molecule has 1 aliphatic carbocycles. The van der Waals surface area contributed by atoms with Gasteiger partial charge >= 0.3 is 0 Å². The summed E-state index contributed by atoms with van der Waals surface area (Å²) in [5.74, 6) is 0.418. The van der Waals surface area contributed by atoms with Crippen LogP contribution in [0.15, 0.2) is 30.6 Å². The molecule has 2 aromatic heterocycles. The number of aliphatic hydroxyl groups is 1. The molecule has 0 atom stereocenters. The van der Waals surface area contributed by atoms with Crippen LogP contribution in [0.4, 0.5) is 5.69 Å². The molecule has 1 aromatic carbocycles. The fraction of sp³-hybridized carbons (Fsp3) is 0.500. The van der Waals surface area contributed by atoms with Crippen LogP contribution in [0, 0.1) is 12.8 Å². The van der Waals surface area contributed by atoms with E-state index in [4.69, 9.17) is 15.1 Å². The fourth-order valence-corrected chi connectivity index (χ4v) is 4.44. The maximum Gasteiger partial charge on any atom is 0.112 e. The van der Waals surface area contributed by atoms with Crippen molar-refractivity contribution in [3.05, 3.63) is 36.3 Å². The van der Waals surface area contributed by atoms with Gasteiger partial charge in [0.25, 0.3) is 0 Å². The van der Waals surface area contributed by atoms with Crippen molar-refractivity contribution in [2.45, 2.75) is 25.8 Å². The molecule has 0 bridgehead atoms. The van der Waals surface area contributed by atoms with Gasteiger partial charge < -0.3 is 14.9 Å². The minimum Gasteiger partial charge on any atom is -0.396 e. The lowest BCUT2D eigenvalue weighted by molar-refractivity contribution is 0.105. The van der Waals surface area contributed by atoms with Gasteiger partial charge in [0.1, 0.15) is 5.52 Å². The van der Waals surface area contributed by atoms with E-state index < -0.39 is 0 Å². The molecule has 0 spiro atoms. The highest BCUT2D eigenvalue weighted by molar-refractivity contribution is 5.89. The maximum atomic E-state index is 9.26. The number of piperazine rings is 1. The molecule has 1 saturated heterocycles. The Morgan fingerprint density at radius 3 is 2.69 bits per heavy atom. The summed E-state index contributed by atoms with van der Waals surface area (Å²) in [5.41, 5.74) is 5.95. The molecular formula is C22H28N6O. The number of anilines is 1. The Hall–Kier alpha value is -2.51. The van der Waals surface area contributed by atoms with Crippen LogP contribution in [0.3, 0.4) is 0 Å². The lowest BCUT2D eigenvalue weighted by atomic mass is 9.81. The molecule has 152 valence electrons. The molecule has 0 amide bonds. The minimum absolute atomic E-state index is 0.273. The molecule has 5 rings (SSSR count).